The molecule has 1 aliphatic carbocycles. The first-order valence-electron chi connectivity index (χ1n) is 7.31. The van der Waals surface area contributed by atoms with Gasteiger partial charge >= 0.3 is 5.97 Å². The quantitative estimate of drug-likeness (QED) is 0.712. The fourth-order valence-electron chi connectivity index (χ4n) is 2.25. The van der Waals surface area contributed by atoms with E-state index in [1.54, 1.807) is 13.0 Å². The van der Waals surface area contributed by atoms with Crippen LogP contribution in [0.3, 0.4) is 0 Å². The summed E-state index contributed by atoms with van der Waals surface area (Å²) < 4.78 is 4.92. The zero-order chi connectivity index (χ0) is 15.2. The largest absolute Gasteiger partial charge is 0.465 e. The van der Waals surface area contributed by atoms with Crippen LogP contribution in [0.25, 0.3) is 6.08 Å². The number of hydrogen-bond donors (Lipinski definition) is 2. The third-order valence-corrected chi connectivity index (χ3v) is 3.56. The molecule has 1 aliphatic rings. The van der Waals surface area contributed by atoms with E-state index >= 15 is 0 Å². The number of esters is 1. The monoisotopic (exact) mass is 290 g/mol. The Balaban J connectivity index is 2.05. The molecule has 0 aliphatic heterocycles. The summed E-state index contributed by atoms with van der Waals surface area (Å²) in [5, 5.41) is 12.3. The molecule has 1 saturated carbocycles. The zero-order valence-corrected chi connectivity index (χ0v) is 12.3. The maximum Gasteiger partial charge on any atom is 0.325 e. The van der Waals surface area contributed by atoms with Crippen LogP contribution in [-0.2, 0) is 16.1 Å². The van der Waals surface area contributed by atoms with Gasteiger partial charge in [-0.15, -0.1) is 0 Å². The van der Waals surface area contributed by atoms with Gasteiger partial charge in [0, 0.05) is 12.7 Å². The van der Waals surface area contributed by atoms with Crippen LogP contribution in [0, 0.1) is 0 Å². The van der Waals surface area contributed by atoms with Gasteiger partial charge in [0.25, 0.3) is 0 Å². The minimum Gasteiger partial charge on any atom is -0.465 e. The highest BCUT2D eigenvalue weighted by molar-refractivity contribution is 5.75. The number of aliphatic hydroxyl groups is 1. The van der Waals surface area contributed by atoms with Crippen molar-refractivity contribution in [3.05, 3.63) is 35.7 Å². The lowest BCUT2D eigenvalue weighted by molar-refractivity contribution is -0.146. The molecule has 0 saturated heterocycles. The Kier molecular flexibility index (Phi) is 5.47. The van der Waals surface area contributed by atoms with Gasteiger partial charge in [0.2, 0.25) is 0 Å². The summed E-state index contributed by atoms with van der Waals surface area (Å²) in [6.45, 7) is 6.00. The predicted octanol–water partition coefficient (Wildman–Crippen LogP) is 1.62. The van der Waals surface area contributed by atoms with Crippen LogP contribution in [0.15, 0.2) is 18.8 Å². The van der Waals surface area contributed by atoms with E-state index in [9.17, 15) is 9.90 Å². The highest BCUT2D eigenvalue weighted by Gasteiger charge is 2.27. The molecule has 1 fully saturated rings. The fourth-order valence-corrected chi connectivity index (χ4v) is 2.25. The molecule has 21 heavy (non-hydrogen) atoms. The Morgan fingerprint density at radius 2 is 2.43 bits per heavy atom. The summed E-state index contributed by atoms with van der Waals surface area (Å²) in [4.78, 5) is 16.0. The second kappa shape index (κ2) is 7.33. The van der Waals surface area contributed by atoms with Crippen molar-refractivity contribution in [1.82, 2.24) is 10.3 Å². The number of aliphatic hydroxyl groups excluding tert-OH is 1. The molecule has 114 valence electrons. The van der Waals surface area contributed by atoms with Crippen LogP contribution in [0.5, 0.6) is 0 Å². The van der Waals surface area contributed by atoms with Gasteiger partial charge in [-0.2, -0.15) is 0 Å². The second-order valence-electron chi connectivity index (χ2n) is 5.15. The number of aromatic nitrogens is 1. The Hall–Kier alpha value is -1.72. The number of carbonyl (C=O) groups excluding carboxylic acids is 1. The van der Waals surface area contributed by atoms with Crippen molar-refractivity contribution >= 4 is 12.0 Å². The Morgan fingerprint density at radius 3 is 3.00 bits per heavy atom. The van der Waals surface area contributed by atoms with E-state index in [0.717, 1.165) is 11.3 Å². The van der Waals surface area contributed by atoms with Crippen molar-refractivity contribution in [3.8, 4) is 0 Å². The number of rotatable bonds is 8. The highest BCUT2D eigenvalue weighted by Crippen LogP contribution is 2.41. The average molecular weight is 290 g/mol. The molecular formula is C16H22N2O3. The molecular weight excluding hydrogens is 268 g/mol. The number of hydrogen-bond acceptors (Lipinski definition) is 5. The highest BCUT2D eigenvalue weighted by atomic mass is 16.5. The summed E-state index contributed by atoms with van der Waals surface area (Å²) in [6, 6.07) is 1.36. The minimum atomic E-state index is -0.698. The Labute approximate surface area is 125 Å². The number of nitrogens with zero attached hydrogens (tertiary/aromatic N) is 1. The number of pyridine rings is 1. The molecule has 2 rings (SSSR count). The predicted molar refractivity (Wildman–Crippen MR) is 80.6 cm³/mol. The van der Waals surface area contributed by atoms with E-state index < -0.39 is 12.0 Å². The van der Waals surface area contributed by atoms with Gasteiger partial charge in [0.15, 0.2) is 0 Å². The third-order valence-electron chi connectivity index (χ3n) is 3.56. The normalized spacial score (nSPS) is 15.5. The van der Waals surface area contributed by atoms with Crippen LogP contribution in [0.1, 0.15) is 42.5 Å². The van der Waals surface area contributed by atoms with E-state index in [-0.39, 0.29) is 6.61 Å². The minimum absolute atomic E-state index is 0.282. The molecule has 1 aromatic rings. The summed E-state index contributed by atoms with van der Waals surface area (Å²) in [7, 11) is 0. The van der Waals surface area contributed by atoms with Crippen LogP contribution < -0.4 is 5.32 Å². The summed E-state index contributed by atoms with van der Waals surface area (Å²) in [6.07, 6.45) is 5.93. The zero-order valence-electron chi connectivity index (χ0n) is 12.3. The van der Waals surface area contributed by atoms with E-state index in [1.807, 2.05) is 6.20 Å². The van der Waals surface area contributed by atoms with Gasteiger partial charge < -0.3 is 9.84 Å². The lowest BCUT2D eigenvalue weighted by Gasteiger charge is -2.16. The Morgan fingerprint density at radius 1 is 1.67 bits per heavy atom. The molecule has 2 N–H and O–H groups in total. The van der Waals surface area contributed by atoms with E-state index in [4.69, 9.17) is 4.74 Å². The standard InChI is InChI=1S/C16H22N2O3/c1-3-13-7-14(11-5-6-11)12(8-17-13)9-18-15(10-19)16(20)21-4-2/h3,7-8,11,15,18-19H,1,4-6,9-10H2,2H3. The fraction of sp³-hybridized carbons (Fsp3) is 0.500. The number of ether oxygens (including phenoxy) is 1. The number of carbonyl (C=O) groups is 1. The molecule has 0 bridgehead atoms. The molecule has 1 heterocycles. The third kappa shape index (κ3) is 4.12. The van der Waals surface area contributed by atoms with Crippen LogP contribution in [0.4, 0.5) is 0 Å². The topological polar surface area (TPSA) is 71.5 Å². The molecule has 1 atom stereocenters. The van der Waals surface area contributed by atoms with Crippen LogP contribution in [-0.4, -0.2) is 35.3 Å². The molecule has 0 radical (unpaired) electrons. The second-order valence-corrected chi connectivity index (χ2v) is 5.15. The van der Waals surface area contributed by atoms with Crippen molar-refractivity contribution in [2.45, 2.75) is 38.3 Å². The molecule has 1 unspecified atom stereocenters. The van der Waals surface area contributed by atoms with Gasteiger partial charge in [-0.05, 0) is 49.0 Å². The van der Waals surface area contributed by atoms with E-state index in [2.05, 4.69) is 22.9 Å². The first kappa shape index (κ1) is 15.7. The van der Waals surface area contributed by atoms with Crippen LogP contribution in [0.2, 0.25) is 0 Å². The van der Waals surface area contributed by atoms with Gasteiger partial charge in [-0.1, -0.05) is 6.58 Å². The van der Waals surface area contributed by atoms with Crippen molar-refractivity contribution in [3.63, 3.8) is 0 Å². The maximum absolute atomic E-state index is 11.7. The summed E-state index contributed by atoms with van der Waals surface area (Å²) in [5.41, 5.74) is 3.18. The van der Waals surface area contributed by atoms with Crippen LogP contribution >= 0.6 is 0 Å². The first-order chi connectivity index (χ1) is 10.2. The first-order valence-corrected chi connectivity index (χ1v) is 7.31. The smallest absolute Gasteiger partial charge is 0.325 e. The van der Waals surface area contributed by atoms with Gasteiger partial charge in [0.1, 0.15) is 6.04 Å². The van der Waals surface area contributed by atoms with Crippen molar-refractivity contribution < 1.29 is 14.6 Å². The molecule has 1 aromatic heterocycles. The van der Waals surface area contributed by atoms with E-state index in [1.165, 1.54) is 18.4 Å². The molecule has 0 aromatic carbocycles. The van der Waals surface area contributed by atoms with Crippen molar-refractivity contribution in [2.24, 2.45) is 0 Å². The van der Waals surface area contributed by atoms with Gasteiger partial charge in [-0.3, -0.25) is 15.1 Å². The van der Waals surface area contributed by atoms with Crippen molar-refractivity contribution in [1.29, 1.82) is 0 Å². The summed E-state index contributed by atoms with van der Waals surface area (Å²) in [5.74, 6) is 0.155. The lowest BCUT2D eigenvalue weighted by atomic mass is 10.0. The molecule has 0 amide bonds. The van der Waals surface area contributed by atoms with Gasteiger partial charge in [-0.25, -0.2) is 0 Å². The maximum atomic E-state index is 11.7. The van der Waals surface area contributed by atoms with E-state index in [0.29, 0.717) is 19.1 Å². The SMILES string of the molecule is C=Cc1cc(C2CC2)c(CNC(CO)C(=O)OCC)cn1. The summed E-state index contributed by atoms with van der Waals surface area (Å²) >= 11 is 0. The molecule has 5 nitrogen and oxygen atoms in total. The molecule has 0 spiro atoms. The average Bonchev–Trinajstić information content (AvgIpc) is 3.33. The lowest BCUT2D eigenvalue weighted by Crippen LogP contribution is -2.40. The Bertz CT molecular complexity index is 512. The van der Waals surface area contributed by atoms with Crippen molar-refractivity contribution in [2.75, 3.05) is 13.2 Å². The van der Waals surface area contributed by atoms with Gasteiger partial charge in [0.05, 0.1) is 18.9 Å². The molecule has 5 heteroatoms. The number of nitrogens with one attached hydrogen (secondary N) is 1.